The average Bonchev–Trinajstić information content (AvgIpc) is 2.62. The van der Waals surface area contributed by atoms with Crippen LogP contribution in [-0.4, -0.2) is 52.2 Å². The molecule has 7 nitrogen and oxygen atoms in total. The Balaban J connectivity index is 1.61. The van der Waals surface area contributed by atoms with Gasteiger partial charge in [0.25, 0.3) is 5.56 Å². The van der Waals surface area contributed by atoms with E-state index in [1.807, 2.05) is 18.2 Å². The van der Waals surface area contributed by atoms with E-state index in [2.05, 4.69) is 31.3 Å². The third kappa shape index (κ3) is 4.13. The van der Waals surface area contributed by atoms with Gasteiger partial charge >= 0.3 is 0 Å². The highest BCUT2D eigenvalue weighted by atomic mass is 16.1. The summed E-state index contributed by atoms with van der Waals surface area (Å²) in [4.78, 5) is 28.2. The second-order valence-electron chi connectivity index (χ2n) is 5.87. The van der Waals surface area contributed by atoms with Crippen LogP contribution in [0.3, 0.4) is 0 Å². The van der Waals surface area contributed by atoms with Crippen LogP contribution < -0.4 is 11.3 Å². The van der Waals surface area contributed by atoms with E-state index in [0.717, 1.165) is 37.5 Å². The third-order valence-corrected chi connectivity index (χ3v) is 4.19. The number of fused-ring (bicyclic) bond motifs is 1. The number of nitrogens with two attached hydrogens (primary N) is 1. The number of benzene rings is 1. The summed E-state index contributed by atoms with van der Waals surface area (Å²) in [5.41, 5.74) is 5.92. The number of aromatic nitrogens is 2. The van der Waals surface area contributed by atoms with Crippen molar-refractivity contribution in [2.75, 3.05) is 26.2 Å². The number of aliphatic imine (C=N–C) groups is 1. The molecule has 130 valence electrons. The molecule has 1 aromatic carbocycles. The molecule has 0 aliphatic carbocycles. The number of nitrogens with zero attached hydrogens (tertiary/aromatic N) is 4. The van der Waals surface area contributed by atoms with Crippen LogP contribution in [0.2, 0.25) is 0 Å². The van der Waals surface area contributed by atoms with E-state index in [4.69, 9.17) is 5.73 Å². The highest BCUT2D eigenvalue weighted by Gasteiger charge is 2.18. The van der Waals surface area contributed by atoms with Crippen LogP contribution in [0.5, 0.6) is 0 Å². The molecule has 0 spiro atoms. The zero-order chi connectivity index (χ0) is 17.6. The van der Waals surface area contributed by atoms with Crippen molar-refractivity contribution in [2.24, 2.45) is 10.7 Å². The molecule has 0 saturated carbocycles. The van der Waals surface area contributed by atoms with Crippen LogP contribution in [0.15, 0.2) is 58.7 Å². The fraction of sp³-hybridized carbons (Fsp3) is 0.278. The van der Waals surface area contributed by atoms with Crippen molar-refractivity contribution in [1.29, 1.82) is 0 Å². The zero-order valence-electron chi connectivity index (χ0n) is 14.1. The van der Waals surface area contributed by atoms with E-state index in [0.29, 0.717) is 17.8 Å². The number of H-pyrrole nitrogens is 1. The first kappa shape index (κ1) is 16.9. The van der Waals surface area contributed by atoms with E-state index in [1.54, 1.807) is 18.4 Å². The van der Waals surface area contributed by atoms with Gasteiger partial charge in [0.15, 0.2) is 0 Å². The maximum absolute atomic E-state index is 12.1. The number of aromatic amines is 1. The first-order chi connectivity index (χ1) is 12.2. The lowest BCUT2D eigenvalue weighted by Crippen LogP contribution is -2.45. The minimum Gasteiger partial charge on any atom is -0.405 e. The molecule has 1 saturated heterocycles. The first-order valence-corrected chi connectivity index (χ1v) is 8.22. The van der Waals surface area contributed by atoms with E-state index < -0.39 is 0 Å². The quantitative estimate of drug-likeness (QED) is 0.796. The zero-order valence-corrected chi connectivity index (χ0v) is 14.1. The van der Waals surface area contributed by atoms with Crippen molar-refractivity contribution in [1.82, 2.24) is 19.8 Å². The Morgan fingerprint density at radius 3 is 2.84 bits per heavy atom. The second kappa shape index (κ2) is 7.76. The summed E-state index contributed by atoms with van der Waals surface area (Å²) in [6.07, 6.45) is 4.74. The molecule has 1 aliphatic rings. The van der Waals surface area contributed by atoms with Gasteiger partial charge in [-0.05, 0) is 24.4 Å². The molecule has 7 heteroatoms. The smallest absolute Gasteiger partial charge is 0.258 e. The molecule has 0 unspecified atom stereocenters. The Kier molecular flexibility index (Phi) is 5.25. The van der Waals surface area contributed by atoms with Crippen LogP contribution in [0.1, 0.15) is 5.82 Å². The molecular formula is C18H22N6O. The van der Waals surface area contributed by atoms with Gasteiger partial charge < -0.3 is 15.6 Å². The van der Waals surface area contributed by atoms with Gasteiger partial charge in [0.2, 0.25) is 0 Å². The molecule has 3 rings (SSSR count). The molecule has 2 heterocycles. The van der Waals surface area contributed by atoms with Crippen molar-refractivity contribution >= 4 is 17.1 Å². The summed E-state index contributed by atoms with van der Waals surface area (Å²) >= 11 is 0. The summed E-state index contributed by atoms with van der Waals surface area (Å²) in [7, 11) is 0. The molecular weight excluding hydrogens is 316 g/mol. The van der Waals surface area contributed by atoms with Crippen LogP contribution in [-0.2, 0) is 6.54 Å². The van der Waals surface area contributed by atoms with Gasteiger partial charge in [0, 0.05) is 32.4 Å². The van der Waals surface area contributed by atoms with E-state index in [-0.39, 0.29) is 5.56 Å². The van der Waals surface area contributed by atoms with Gasteiger partial charge in [-0.15, -0.1) is 0 Å². The number of hydrogen-bond acceptors (Lipinski definition) is 6. The van der Waals surface area contributed by atoms with E-state index in [1.165, 1.54) is 6.20 Å². The van der Waals surface area contributed by atoms with Crippen molar-refractivity contribution < 1.29 is 0 Å². The Labute approximate surface area is 146 Å². The molecule has 25 heavy (non-hydrogen) atoms. The first-order valence-electron chi connectivity index (χ1n) is 8.22. The van der Waals surface area contributed by atoms with Gasteiger partial charge in [-0.3, -0.25) is 9.69 Å². The normalized spacial score (nSPS) is 16.2. The maximum Gasteiger partial charge on any atom is 0.258 e. The number of para-hydroxylation sites is 1. The lowest BCUT2D eigenvalue weighted by molar-refractivity contribution is 0.149. The summed E-state index contributed by atoms with van der Waals surface area (Å²) in [5.74, 6) is 1.43. The molecule has 1 aliphatic heterocycles. The predicted molar refractivity (Wildman–Crippen MR) is 100 cm³/mol. The average molecular weight is 338 g/mol. The molecule has 2 aromatic rings. The van der Waals surface area contributed by atoms with Gasteiger partial charge in [0.1, 0.15) is 11.6 Å². The summed E-state index contributed by atoms with van der Waals surface area (Å²) in [6, 6.07) is 7.39. The standard InChI is InChI=1S/C18H22N6O/c1-14(20-8-4-7-19)24-11-9-23(10-12-24)13-17-21-16-6-3-2-5-15(16)18(25)22-17/h2-8H,1,9-13,19H2,(H,21,22,25)/b7-4-,20-8-. The van der Waals surface area contributed by atoms with Crippen LogP contribution >= 0.6 is 0 Å². The van der Waals surface area contributed by atoms with Crippen LogP contribution in [0, 0.1) is 0 Å². The molecule has 0 atom stereocenters. The molecule has 1 aromatic heterocycles. The minimum atomic E-state index is -0.0880. The lowest BCUT2D eigenvalue weighted by Gasteiger charge is -2.35. The summed E-state index contributed by atoms with van der Waals surface area (Å²) < 4.78 is 0. The molecule has 0 radical (unpaired) electrons. The predicted octanol–water partition coefficient (Wildman–Crippen LogP) is 1.06. The molecule has 1 fully saturated rings. The van der Waals surface area contributed by atoms with Gasteiger partial charge in [-0.25, -0.2) is 9.98 Å². The fourth-order valence-corrected chi connectivity index (χ4v) is 2.85. The Morgan fingerprint density at radius 2 is 2.08 bits per heavy atom. The van der Waals surface area contributed by atoms with E-state index >= 15 is 0 Å². The van der Waals surface area contributed by atoms with Gasteiger partial charge in [-0.2, -0.15) is 0 Å². The molecule has 0 amide bonds. The van der Waals surface area contributed by atoms with Crippen molar-refractivity contribution in [3.63, 3.8) is 0 Å². The minimum absolute atomic E-state index is 0.0880. The third-order valence-electron chi connectivity index (χ3n) is 4.19. The molecule has 0 bridgehead atoms. The number of hydrogen-bond donors (Lipinski definition) is 2. The Bertz CT molecular complexity index is 861. The van der Waals surface area contributed by atoms with Crippen molar-refractivity contribution in [3.05, 3.63) is 65.1 Å². The summed E-state index contributed by atoms with van der Waals surface area (Å²) in [5, 5.41) is 0.622. The molecule has 3 N–H and O–H groups in total. The monoisotopic (exact) mass is 338 g/mol. The Morgan fingerprint density at radius 1 is 1.32 bits per heavy atom. The van der Waals surface area contributed by atoms with Crippen molar-refractivity contribution in [3.8, 4) is 0 Å². The maximum atomic E-state index is 12.1. The van der Waals surface area contributed by atoms with Crippen LogP contribution in [0.4, 0.5) is 0 Å². The fourth-order valence-electron chi connectivity index (χ4n) is 2.85. The summed E-state index contributed by atoms with van der Waals surface area (Å²) in [6.45, 7) is 7.99. The SMILES string of the molecule is C=C(/N=C\C=C/N)N1CCN(Cc2nc3ccccc3c(=O)[nH]2)CC1. The van der Waals surface area contributed by atoms with Gasteiger partial charge in [-0.1, -0.05) is 18.7 Å². The topological polar surface area (TPSA) is 90.6 Å². The second-order valence-corrected chi connectivity index (χ2v) is 5.87. The van der Waals surface area contributed by atoms with Crippen LogP contribution in [0.25, 0.3) is 10.9 Å². The van der Waals surface area contributed by atoms with E-state index in [9.17, 15) is 4.79 Å². The Hall–Kier alpha value is -2.93. The largest absolute Gasteiger partial charge is 0.405 e. The van der Waals surface area contributed by atoms with Crippen molar-refractivity contribution in [2.45, 2.75) is 6.54 Å². The number of allylic oxidation sites excluding steroid dienone is 1. The van der Waals surface area contributed by atoms with Gasteiger partial charge in [0.05, 0.1) is 17.4 Å². The number of rotatable bonds is 5. The highest BCUT2D eigenvalue weighted by molar-refractivity contribution is 5.77. The lowest BCUT2D eigenvalue weighted by atomic mass is 10.2. The number of nitrogens with one attached hydrogen (secondary N) is 1. The highest BCUT2D eigenvalue weighted by Crippen LogP contribution is 2.12. The number of piperazine rings is 1.